The molecule has 1 unspecified atom stereocenters. The molecule has 16 heavy (non-hydrogen) atoms. The third-order valence-electron chi connectivity index (χ3n) is 2.26. The summed E-state index contributed by atoms with van der Waals surface area (Å²) in [7, 11) is 5.33. The van der Waals surface area contributed by atoms with Gasteiger partial charge in [-0.05, 0) is 25.2 Å². The number of ether oxygens (including phenoxy) is 1. The molecule has 1 atom stereocenters. The Bertz CT molecular complexity index is 364. The van der Waals surface area contributed by atoms with Crippen molar-refractivity contribution in [3.05, 3.63) is 35.4 Å². The Hall–Kier alpha value is -1.39. The molecule has 1 rings (SSSR count). The van der Waals surface area contributed by atoms with Crippen LogP contribution in [0.1, 0.15) is 17.2 Å². The molecule has 0 saturated heterocycles. The van der Waals surface area contributed by atoms with Crippen LogP contribution in [0, 0.1) is 0 Å². The Kier molecular flexibility index (Phi) is 4.46. The largest absolute Gasteiger partial charge is 0.468 e. The molecule has 0 aliphatic heterocycles. The predicted molar refractivity (Wildman–Crippen MR) is 62.8 cm³/mol. The predicted octanol–water partition coefficient (Wildman–Crippen LogP) is 0.921. The van der Waals surface area contributed by atoms with Gasteiger partial charge < -0.3 is 15.4 Å². The Morgan fingerprint density at radius 1 is 1.50 bits per heavy atom. The van der Waals surface area contributed by atoms with Crippen LogP contribution < -0.4 is 5.73 Å². The number of carbonyl (C=O) groups is 1. The van der Waals surface area contributed by atoms with Gasteiger partial charge in [0.15, 0.2) is 0 Å². The van der Waals surface area contributed by atoms with Gasteiger partial charge in [-0.3, -0.25) is 4.79 Å². The summed E-state index contributed by atoms with van der Waals surface area (Å²) in [6, 6.07) is 6.97. The minimum atomic E-state index is -0.702. The Morgan fingerprint density at radius 3 is 2.75 bits per heavy atom. The summed E-state index contributed by atoms with van der Waals surface area (Å²) in [4.78, 5) is 13.3. The van der Waals surface area contributed by atoms with Crippen molar-refractivity contribution in [3.63, 3.8) is 0 Å². The van der Waals surface area contributed by atoms with Crippen LogP contribution in [0.5, 0.6) is 0 Å². The van der Waals surface area contributed by atoms with Crippen LogP contribution in [-0.4, -0.2) is 32.1 Å². The molecule has 0 aliphatic rings. The lowest BCUT2D eigenvalue weighted by Gasteiger charge is -2.13. The molecule has 0 spiro atoms. The topological polar surface area (TPSA) is 55.6 Å². The van der Waals surface area contributed by atoms with Gasteiger partial charge in [-0.25, -0.2) is 0 Å². The van der Waals surface area contributed by atoms with E-state index < -0.39 is 12.0 Å². The van der Waals surface area contributed by atoms with Crippen molar-refractivity contribution >= 4 is 5.97 Å². The summed E-state index contributed by atoms with van der Waals surface area (Å²) in [5.41, 5.74) is 7.67. The van der Waals surface area contributed by atoms with E-state index in [9.17, 15) is 4.79 Å². The summed E-state index contributed by atoms with van der Waals surface area (Å²) in [6.45, 7) is 0.821. The molecular formula is C12H18N2O2. The average Bonchev–Trinajstić information content (AvgIpc) is 2.26. The second-order valence-electron chi connectivity index (χ2n) is 3.98. The van der Waals surface area contributed by atoms with Gasteiger partial charge in [0.1, 0.15) is 6.04 Å². The fourth-order valence-electron chi connectivity index (χ4n) is 1.51. The van der Waals surface area contributed by atoms with E-state index in [1.807, 2.05) is 38.4 Å². The van der Waals surface area contributed by atoms with E-state index in [0.717, 1.165) is 17.7 Å². The number of hydrogen-bond acceptors (Lipinski definition) is 4. The summed E-state index contributed by atoms with van der Waals surface area (Å²) in [6.07, 6.45) is 0. The fraction of sp³-hybridized carbons (Fsp3) is 0.417. The Balaban J connectivity index is 2.85. The quantitative estimate of drug-likeness (QED) is 0.770. The van der Waals surface area contributed by atoms with Crippen LogP contribution in [0.25, 0.3) is 0 Å². The van der Waals surface area contributed by atoms with Gasteiger partial charge >= 0.3 is 5.97 Å². The first-order valence-electron chi connectivity index (χ1n) is 5.11. The van der Waals surface area contributed by atoms with Crippen molar-refractivity contribution in [2.75, 3.05) is 21.2 Å². The van der Waals surface area contributed by atoms with E-state index in [2.05, 4.69) is 9.64 Å². The lowest BCUT2D eigenvalue weighted by molar-refractivity contribution is -0.142. The smallest absolute Gasteiger partial charge is 0.327 e. The minimum Gasteiger partial charge on any atom is -0.468 e. The van der Waals surface area contributed by atoms with E-state index in [-0.39, 0.29) is 0 Å². The van der Waals surface area contributed by atoms with E-state index in [0.29, 0.717) is 0 Å². The second-order valence-corrected chi connectivity index (χ2v) is 3.98. The highest BCUT2D eigenvalue weighted by Crippen LogP contribution is 2.14. The lowest BCUT2D eigenvalue weighted by atomic mass is 10.0. The minimum absolute atomic E-state index is 0.415. The zero-order valence-corrected chi connectivity index (χ0v) is 9.93. The van der Waals surface area contributed by atoms with E-state index in [1.165, 1.54) is 7.11 Å². The first-order chi connectivity index (χ1) is 7.54. The fourth-order valence-corrected chi connectivity index (χ4v) is 1.51. The molecule has 2 N–H and O–H groups in total. The number of methoxy groups -OCH3 is 1. The zero-order chi connectivity index (χ0) is 12.1. The van der Waals surface area contributed by atoms with Crippen molar-refractivity contribution in [3.8, 4) is 0 Å². The molecule has 4 heteroatoms. The number of rotatable bonds is 4. The molecule has 0 amide bonds. The monoisotopic (exact) mass is 222 g/mol. The van der Waals surface area contributed by atoms with Crippen molar-refractivity contribution in [2.45, 2.75) is 12.6 Å². The number of nitrogens with two attached hydrogens (primary N) is 1. The highest BCUT2D eigenvalue weighted by molar-refractivity contribution is 5.77. The van der Waals surface area contributed by atoms with Gasteiger partial charge in [0.05, 0.1) is 7.11 Å². The number of benzene rings is 1. The molecule has 1 aromatic rings. The van der Waals surface area contributed by atoms with Gasteiger partial charge in [-0.2, -0.15) is 0 Å². The molecule has 0 aromatic heterocycles. The van der Waals surface area contributed by atoms with Crippen molar-refractivity contribution in [1.29, 1.82) is 0 Å². The number of hydrogen-bond donors (Lipinski definition) is 1. The Morgan fingerprint density at radius 2 is 2.19 bits per heavy atom. The normalized spacial score (nSPS) is 12.6. The van der Waals surface area contributed by atoms with E-state index >= 15 is 0 Å². The van der Waals surface area contributed by atoms with Gasteiger partial charge in [0.2, 0.25) is 0 Å². The zero-order valence-electron chi connectivity index (χ0n) is 9.93. The average molecular weight is 222 g/mol. The van der Waals surface area contributed by atoms with Gasteiger partial charge in [0, 0.05) is 6.54 Å². The molecule has 0 aliphatic carbocycles. The number of carbonyl (C=O) groups excluding carboxylic acids is 1. The van der Waals surface area contributed by atoms with Gasteiger partial charge in [-0.1, -0.05) is 24.3 Å². The number of nitrogens with zero attached hydrogens (tertiary/aromatic N) is 1. The van der Waals surface area contributed by atoms with Crippen LogP contribution in [0.2, 0.25) is 0 Å². The first kappa shape index (κ1) is 12.7. The van der Waals surface area contributed by atoms with Crippen molar-refractivity contribution in [1.82, 2.24) is 4.90 Å². The molecule has 0 bridgehead atoms. The Labute approximate surface area is 96.0 Å². The van der Waals surface area contributed by atoms with Gasteiger partial charge in [0.25, 0.3) is 0 Å². The summed E-state index contributed by atoms with van der Waals surface area (Å²) < 4.78 is 4.61. The van der Waals surface area contributed by atoms with Crippen molar-refractivity contribution in [2.24, 2.45) is 5.73 Å². The first-order valence-corrected chi connectivity index (χ1v) is 5.11. The highest BCUT2D eigenvalue weighted by atomic mass is 16.5. The molecule has 4 nitrogen and oxygen atoms in total. The maximum atomic E-state index is 11.3. The van der Waals surface area contributed by atoms with Crippen LogP contribution in [-0.2, 0) is 16.1 Å². The SMILES string of the molecule is COC(=O)C(N)c1cccc(CN(C)C)c1. The van der Waals surface area contributed by atoms with Crippen LogP contribution in [0.15, 0.2) is 24.3 Å². The summed E-state index contributed by atoms with van der Waals surface area (Å²) in [5.74, 6) is -0.415. The van der Waals surface area contributed by atoms with Crippen LogP contribution >= 0.6 is 0 Å². The molecule has 0 saturated carbocycles. The second kappa shape index (κ2) is 5.63. The van der Waals surface area contributed by atoms with E-state index in [4.69, 9.17) is 5.73 Å². The summed E-state index contributed by atoms with van der Waals surface area (Å²) >= 11 is 0. The molecular weight excluding hydrogens is 204 g/mol. The number of esters is 1. The third kappa shape index (κ3) is 3.32. The van der Waals surface area contributed by atoms with Crippen molar-refractivity contribution < 1.29 is 9.53 Å². The maximum absolute atomic E-state index is 11.3. The summed E-state index contributed by atoms with van der Waals surface area (Å²) in [5, 5.41) is 0. The third-order valence-corrected chi connectivity index (χ3v) is 2.26. The maximum Gasteiger partial charge on any atom is 0.327 e. The standard InChI is InChI=1S/C12H18N2O2/c1-14(2)8-9-5-4-6-10(7-9)11(13)12(15)16-3/h4-7,11H,8,13H2,1-3H3. The van der Waals surface area contributed by atoms with Gasteiger partial charge in [-0.15, -0.1) is 0 Å². The molecule has 0 fully saturated rings. The van der Waals surface area contributed by atoms with Crippen LogP contribution in [0.4, 0.5) is 0 Å². The highest BCUT2D eigenvalue weighted by Gasteiger charge is 2.16. The molecule has 1 aromatic carbocycles. The lowest BCUT2D eigenvalue weighted by Crippen LogP contribution is -2.22. The van der Waals surface area contributed by atoms with E-state index in [1.54, 1.807) is 0 Å². The molecule has 88 valence electrons. The molecule has 0 heterocycles. The molecule has 0 radical (unpaired) electrons. The van der Waals surface area contributed by atoms with Crippen LogP contribution in [0.3, 0.4) is 0 Å².